The van der Waals surface area contributed by atoms with Crippen LogP contribution in [0.2, 0.25) is 0 Å². The van der Waals surface area contributed by atoms with Crippen molar-refractivity contribution in [2.24, 2.45) is 0 Å². The van der Waals surface area contributed by atoms with Gasteiger partial charge in [0.1, 0.15) is 17.4 Å². The molecule has 2 aromatic carbocycles. The number of amides is 1. The summed E-state index contributed by atoms with van der Waals surface area (Å²) in [5, 5.41) is 3.63. The summed E-state index contributed by atoms with van der Waals surface area (Å²) in [6.45, 7) is 1.37. The van der Waals surface area contributed by atoms with Crippen LogP contribution in [0.4, 0.5) is 0 Å². The number of fused-ring (bicyclic) bond motifs is 1. The Hall–Kier alpha value is -3.08. The van der Waals surface area contributed by atoms with Gasteiger partial charge in [0.2, 0.25) is 5.91 Å². The largest absolute Gasteiger partial charge is 0.467 e. The second kappa shape index (κ2) is 7.21. The molecule has 0 unspecified atom stereocenters. The molecule has 2 atom stereocenters. The molecule has 1 amide bonds. The van der Waals surface area contributed by atoms with Gasteiger partial charge in [-0.05, 0) is 17.7 Å². The predicted molar refractivity (Wildman–Crippen MR) is 94.1 cm³/mol. The normalized spacial score (nSPS) is 13.2. The molecule has 3 rings (SSSR count). The van der Waals surface area contributed by atoms with E-state index in [-0.39, 0.29) is 5.91 Å². The van der Waals surface area contributed by atoms with E-state index in [1.807, 2.05) is 60.7 Å². The molecule has 128 valence electrons. The standard InChI is InChI=1S/C20H19NO4/c1-13(22)21-19(20(23)24-2)18(14-8-4-3-5-9-14)17-12-15-10-6-7-11-16(15)25-17/h3-12,18-19H,1-2H3,(H,21,22)/t18-,19+/m1/s1. The molecule has 0 aliphatic rings. The average Bonchev–Trinajstić information content (AvgIpc) is 3.04. The summed E-state index contributed by atoms with van der Waals surface area (Å²) in [5.41, 5.74) is 1.58. The molecule has 0 aliphatic carbocycles. The molecular formula is C20H19NO4. The maximum atomic E-state index is 12.4. The van der Waals surface area contributed by atoms with Crippen LogP contribution in [0.5, 0.6) is 0 Å². The average molecular weight is 337 g/mol. The molecule has 3 aromatic rings. The topological polar surface area (TPSA) is 68.5 Å². The Bertz CT molecular complexity index is 852. The first-order valence-electron chi connectivity index (χ1n) is 7.98. The highest BCUT2D eigenvalue weighted by Crippen LogP contribution is 2.33. The molecule has 25 heavy (non-hydrogen) atoms. The monoisotopic (exact) mass is 337 g/mol. The van der Waals surface area contributed by atoms with E-state index in [4.69, 9.17) is 9.15 Å². The molecular weight excluding hydrogens is 318 g/mol. The van der Waals surface area contributed by atoms with Crippen LogP contribution < -0.4 is 5.32 Å². The van der Waals surface area contributed by atoms with E-state index < -0.39 is 17.9 Å². The molecule has 5 heteroatoms. The summed E-state index contributed by atoms with van der Waals surface area (Å²) >= 11 is 0. The zero-order chi connectivity index (χ0) is 17.8. The molecule has 1 aromatic heterocycles. The van der Waals surface area contributed by atoms with Crippen molar-refractivity contribution in [3.8, 4) is 0 Å². The predicted octanol–water partition coefficient (Wildman–Crippen LogP) is 3.24. The molecule has 0 aliphatic heterocycles. The maximum absolute atomic E-state index is 12.4. The van der Waals surface area contributed by atoms with Crippen LogP contribution in [0.3, 0.4) is 0 Å². The molecule has 0 radical (unpaired) electrons. The van der Waals surface area contributed by atoms with E-state index >= 15 is 0 Å². The van der Waals surface area contributed by atoms with Gasteiger partial charge >= 0.3 is 5.97 Å². The highest BCUT2D eigenvalue weighted by Gasteiger charge is 2.35. The van der Waals surface area contributed by atoms with Gasteiger partial charge in [-0.25, -0.2) is 4.79 Å². The van der Waals surface area contributed by atoms with Gasteiger partial charge in [-0.1, -0.05) is 48.5 Å². The van der Waals surface area contributed by atoms with E-state index in [0.717, 1.165) is 16.5 Å². The molecule has 0 spiro atoms. The number of furan rings is 1. The fourth-order valence-corrected chi connectivity index (χ4v) is 2.96. The van der Waals surface area contributed by atoms with Crippen molar-refractivity contribution in [1.82, 2.24) is 5.32 Å². The molecule has 0 saturated carbocycles. The smallest absolute Gasteiger partial charge is 0.329 e. The summed E-state index contributed by atoms with van der Waals surface area (Å²) < 4.78 is 10.9. The molecule has 1 heterocycles. The number of esters is 1. The van der Waals surface area contributed by atoms with Gasteiger partial charge in [-0.15, -0.1) is 0 Å². The number of para-hydroxylation sites is 1. The number of nitrogens with one attached hydrogen (secondary N) is 1. The molecule has 5 nitrogen and oxygen atoms in total. The van der Waals surface area contributed by atoms with Crippen molar-refractivity contribution in [1.29, 1.82) is 0 Å². The summed E-state index contributed by atoms with van der Waals surface area (Å²) in [4.78, 5) is 24.0. The fraction of sp³-hybridized carbons (Fsp3) is 0.200. The fourth-order valence-electron chi connectivity index (χ4n) is 2.96. The quantitative estimate of drug-likeness (QED) is 0.726. The highest BCUT2D eigenvalue weighted by molar-refractivity contribution is 5.85. The minimum absolute atomic E-state index is 0.313. The lowest BCUT2D eigenvalue weighted by molar-refractivity contribution is -0.145. The number of carbonyl (C=O) groups excluding carboxylic acids is 2. The number of hydrogen-bond donors (Lipinski definition) is 1. The summed E-state index contributed by atoms with van der Waals surface area (Å²) in [5.74, 6) is -0.738. The minimum Gasteiger partial charge on any atom is -0.467 e. The Balaban J connectivity index is 2.14. The Labute approximate surface area is 145 Å². The Morgan fingerprint density at radius 3 is 2.36 bits per heavy atom. The van der Waals surface area contributed by atoms with Crippen LogP contribution in [-0.4, -0.2) is 25.0 Å². The second-order valence-electron chi connectivity index (χ2n) is 5.78. The lowest BCUT2D eigenvalue weighted by Crippen LogP contribution is -2.45. The van der Waals surface area contributed by atoms with E-state index in [1.54, 1.807) is 0 Å². The van der Waals surface area contributed by atoms with Crippen molar-refractivity contribution in [3.63, 3.8) is 0 Å². The van der Waals surface area contributed by atoms with Crippen molar-refractivity contribution in [3.05, 3.63) is 72.0 Å². The minimum atomic E-state index is -0.884. The SMILES string of the molecule is COC(=O)[C@@H](NC(C)=O)[C@H](c1ccccc1)c1cc2ccccc2o1. The van der Waals surface area contributed by atoms with Gasteiger partial charge in [0.05, 0.1) is 13.0 Å². The summed E-state index contributed by atoms with van der Waals surface area (Å²) in [7, 11) is 1.30. The van der Waals surface area contributed by atoms with Crippen LogP contribution in [0.1, 0.15) is 24.2 Å². The Morgan fingerprint density at radius 1 is 1.04 bits per heavy atom. The lowest BCUT2D eigenvalue weighted by Gasteiger charge is -2.24. The zero-order valence-corrected chi connectivity index (χ0v) is 14.1. The summed E-state index contributed by atoms with van der Waals surface area (Å²) in [6.07, 6.45) is 0. The van der Waals surface area contributed by atoms with Crippen LogP contribution in [0, 0.1) is 0 Å². The van der Waals surface area contributed by atoms with Gasteiger partial charge in [-0.2, -0.15) is 0 Å². The van der Waals surface area contributed by atoms with E-state index in [2.05, 4.69) is 5.32 Å². The summed E-state index contributed by atoms with van der Waals surface area (Å²) in [6, 6.07) is 18.1. The van der Waals surface area contributed by atoms with Crippen molar-refractivity contribution >= 4 is 22.8 Å². The van der Waals surface area contributed by atoms with Gasteiger partial charge in [0, 0.05) is 12.3 Å². The van der Waals surface area contributed by atoms with Gasteiger partial charge < -0.3 is 14.5 Å². The third-order valence-electron chi connectivity index (χ3n) is 4.06. The van der Waals surface area contributed by atoms with Crippen molar-refractivity contribution in [2.45, 2.75) is 18.9 Å². The first-order valence-corrected chi connectivity index (χ1v) is 7.98. The van der Waals surface area contributed by atoms with Crippen molar-refractivity contribution in [2.75, 3.05) is 7.11 Å². The van der Waals surface area contributed by atoms with Gasteiger partial charge in [-0.3, -0.25) is 4.79 Å². The third-order valence-corrected chi connectivity index (χ3v) is 4.06. The third kappa shape index (κ3) is 3.55. The van der Waals surface area contributed by atoms with E-state index in [9.17, 15) is 9.59 Å². The van der Waals surface area contributed by atoms with Crippen LogP contribution >= 0.6 is 0 Å². The van der Waals surface area contributed by atoms with Crippen LogP contribution in [-0.2, 0) is 14.3 Å². The molecule has 0 fully saturated rings. The number of carbonyl (C=O) groups is 2. The first kappa shape index (κ1) is 16.8. The van der Waals surface area contributed by atoms with Crippen LogP contribution in [0.15, 0.2) is 65.1 Å². The number of hydrogen-bond acceptors (Lipinski definition) is 4. The lowest BCUT2D eigenvalue weighted by atomic mass is 9.88. The van der Waals surface area contributed by atoms with Gasteiger partial charge in [0.25, 0.3) is 0 Å². The molecule has 1 N–H and O–H groups in total. The number of methoxy groups -OCH3 is 1. The Kier molecular flexibility index (Phi) is 4.84. The van der Waals surface area contributed by atoms with Crippen molar-refractivity contribution < 1.29 is 18.7 Å². The van der Waals surface area contributed by atoms with E-state index in [0.29, 0.717) is 5.76 Å². The maximum Gasteiger partial charge on any atom is 0.329 e. The highest BCUT2D eigenvalue weighted by atomic mass is 16.5. The number of rotatable bonds is 5. The molecule has 0 saturated heterocycles. The second-order valence-corrected chi connectivity index (χ2v) is 5.78. The number of benzene rings is 2. The molecule has 0 bridgehead atoms. The first-order chi connectivity index (χ1) is 12.1. The van der Waals surface area contributed by atoms with E-state index in [1.165, 1.54) is 14.0 Å². The Morgan fingerprint density at radius 2 is 1.72 bits per heavy atom. The number of ether oxygens (including phenoxy) is 1. The van der Waals surface area contributed by atoms with Gasteiger partial charge in [0.15, 0.2) is 0 Å². The van der Waals surface area contributed by atoms with Crippen LogP contribution in [0.25, 0.3) is 11.0 Å². The zero-order valence-electron chi connectivity index (χ0n) is 14.1.